The summed E-state index contributed by atoms with van der Waals surface area (Å²) < 4.78 is 5.88. The largest absolute Gasteiger partial charge is 0.493 e. The normalized spacial score (nSPS) is 14.5. The van der Waals surface area contributed by atoms with E-state index in [4.69, 9.17) is 9.84 Å². The van der Waals surface area contributed by atoms with E-state index in [1.807, 2.05) is 0 Å². The molecular weight excluding hydrogens is 360 g/mol. The predicted octanol–water partition coefficient (Wildman–Crippen LogP) is 3.68. The number of aromatic nitrogens is 2. The van der Waals surface area contributed by atoms with Crippen molar-refractivity contribution in [3.63, 3.8) is 0 Å². The second kappa shape index (κ2) is 8.01. The van der Waals surface area contributed by atoms with Crippen molar-refractivity contribution < 1.29 is 14.6 Å². The van der Waals surface area contributed by atoms with E-state index in [1.165, 1.54) is 5.56 Å². The molecule has 1 aliphatic rings. The average Bonchev–Trinajstić information content (AvgIpc) is 2.61. The van der Waals surface area contributed by atoms with Gasteiger partial charge in [0.25, 0.3) is 0 Å². The maximum Gasteiger partial charge on any atom is 0.311 e. The highest BCUT2D eigenvalue weighted by atomic mass is 32.2. The van der Waals surface area contributed by atoms with Crippen LogP contribution in [0.4, 0.5) is 0 Å². The first-order valence-corrected chi connectivity index (χ1v) is 9.86. The van der Waals surface area contributed by atoms with E-state index in [1.54, 1.807) is 24.2 Å². The Labute approximate surface area is 163 Å². The Morgan fingerprint density at radius 3 is 2.70 bits per heavy atom. The molecule has 1 aromatic carbocycles. The molecule has 1 aromatic heterocycles. The molecule has 0 amide bonds. The number of fused-ring (bicyclic) bond motifs is 1. The number of carboxylic acid groups (broad SMARTS) is 1. The zero-order valence-corrected chi connectivity index (χ0v) is 16.5. The third kappa shape index (κ3) is 4.61. The van der Waals surface area contributed by atoms with Crippen molar-refractivity contribution in [3.05, 3.63) is 47.0 Å². The molecule has 3 rings (SSSR count). The van der Waals surface area contributed by atoms with E-state index in [0.29, 0.717) is 5.56 Å². The van der Waals surface area contributed by atoms with E-state index in [-0.39, 0.29) is 17.7 Å². The van der Waals surface area contributed by atoms with Gasteiger partial charge in [0.1, 0.15) is 18.0 Å². The second-order valence-electron chi connectivity index (χ2n) is 6.97. The van der Waals surface area contributed by atoms with Crippen molar-refractivity contribution in [2.75, 3.05) is 12.4 Å². The van der Waals surface area contributed by atoms with E-state index in [2.05, 4.69) is 54.7 Å². The maximum absolute atomic E-state index is 10.7. The van der Waals surface area contributed by atoms with Crippen LogP contribution in [0.2, 0.25) is 0 Å². The standard InChI is InChI=1S/C21H22N2O3S/c1-4-27-18-10-17-16(21(2,3)7-8-26-17)9-15(18)6-5-14-12-22-19(23-13-14)11-20(24)25/h9-10,12-13H,4,7-8,11H2,1-3H3,(H,24,25). The molecule has 6 heteroatoms. The van der Waals surface area contributed by atoms with Crippen LogP contribution < -0.4 is 4.74 Å². The van der Waals surface area contributed by atoms with Crippen molar-refractivity contribution >= 4 is 17.7 Å². The Kier molecular flexibility index (Phi) is 5.71. The van der Waals surface area contributed by atoms with Crippen LogP contribution in [0.15, 0.2) is 29.4 Å². The summed E-state index contributed by atoms with van der Waals surface area (Å²) in [5.41, 5.74) is 2.87. The van der Waals surface area contributed by atoms with Gasteiger partial charge in [0, 0.05) is 28.4 Å². The SMILES string of the molecule is CCSc1cc2c(cc1C#Cc1cnc(CC(=O)O)nc1)C(C)(C)CCO2. The smallest absolute Gasteiger partial charge is 0.311 e. The molecule has 0 unspecified atom stereocenters. The molecule has 0 saturated carbocycles. The van der Waals surface area contributed by atoms with Crippen LogP contribution >= 0.6 is 11.8 Å². The van der Waals surface area contributed by atoms with Gasteiger partial charge in [-0.15, -0.1) is 11.8 Å². The summed E-state index contributed by atoms with van der Waals surface area (Å²) in [6.07, 6.45) is 3.92. The number of benzene rings is 1. The highest BCUT2D eigenvalue weighted by Gasteiger charge is 2.29. The fourth-order valence-electron chi connectivity index (χ4n) is 2.92. The number of hydrogen-bond acceptors (Lipinski definition) is 5. The van der Waals surface area contributed by atoms with Gasteiger partial charge >= 0.3 is 5.97 Å². The van der Waals surface area contributed by atoms with Crippen molar-refractivity contribution in [1.82, 2.24) is 9.97 Å². The first-order valence-electron chi connectivity index (χ1n) is 8.88. The quantitative estimate of drug-likeness (QED) is 0.642. The Balaban J connectivity index is 1.94. The fraction of sp³-hybridized carbons (Fsp3) is 0.381. The summed E-state index contributed by atoms with van der Waals surface area (Å²) in [6, 6.07) is 4.24. The van der Waals surface area contributed by atoms with Gasteiger partial charge in [0.15, 0.2) is 0 Å². The van der Waals surface area contributed by atoms with Gasteiger partial charge in [-0.2, -0.15) is 0 Å². The van der Waals surface area contributed by atoms with Crippen LogP contribution in [-0.4, -0.2) is 33.4 Å². The second-order valence-corrected chi connectivity index (χ2v) is 8.27. The summed E-state index contributed by atoms with van der Waals surface area (Å²) in [4.78, 5) is 19.9. The van der Waals surface area contributed by atoms with Crippen LogP contribution in [0.25, 0.3) is 0 Å². The van der Waals surface area contributed by atoms with Crippen molar-refractivity contribution in [2.24, 2.45) is 0 Å². The lowest BCUT2D eigenvalue weighted by molar-refractivity contribution is -0.136. The summed E-state index contributed by atoms with van der Waals surface area (Å²) in [6.45, 7) is 7.31. The van der Waals surface area contributed by atoms with Crippen LogP contribution in [0.5, 0.6) is 5.75 Å². The van der Waals surface area contributed by atoms with Gasteiger partial charge in [0.05, 0.1) is 12.2 Å². The minimum absolute atomic E-state index is 0.0566. The third-order valence-electron chi connectivity index (χ3n) is 4.45. The molecule has 2 aromatic rings. The number of nitrogens with zero attached hydrogens (tertiary/aromatic N) is 2. The summed E-state index contributed by atoms with van der Waals surface area (Å²) >= 11 is 1.74. The van der Waals surface area contributed by atoms with E-state index >= 15 is 0 Å². The molecule has 1 aliphatic heterocycles. The number of rotatable bonds is 4. The topological polar surface area (TPSA) is 72.3 Å². The van der Waals surface area contributed by atoms with Gasteiger partial charge in [0.2, 0.25) is 0 Å². The predicted molar refractivity (Wildman–Crippen MR) is 105 cm³/mol. The highest BCUT2D eigenvalue weighted by Crippen LogP contribution is 2.41. The molecule has 0 aliphatic carbocycles. The minimum Gasteiger partial charge on any atom is -0.493 e. The molecule has 27 heavy (non-hydrogen) atoms. The van der Waals surface area contributed by atoms with Crippen LogP contribution in [-0.2, 0) is 16.6 Å². The first kappa shape index (κ1) is 19.2. The van der Waals surface area contributed by atoms with E-state index in [0.717, 1.165) is 35.0 Å². The fourth-order valence-corrected chi connectivity index (χ4v) is 3.69. The van der Waals surface area contributed by atoms with Gasteiger partial charge in [-0.1, -0.05) is 32.6 Å². The number of thioether (sulfide) groups is 1. The van der Waals surface area contributed by atoms with Crippen molar-refractivity contribution in [2.45, 2.75) is 43.9 Å². The zero-order chi connectivity index (χ0) is 19.4. The molecule has 1 N–H and O–H groups in total. The molecule has 2 heterocycles. The average molecular weight is 382 g/mol. The Bertz CT molecular complexity index is 912. The number of carboxylic acids is 1. The van der Waals surface area contributed by atoms with Gasteiger partial charge in [-0.3, -0.25) is 4.79 Å². The van der Waals surface area contributed by atoms with E-state index < -0.39 is 5.97 Å². The third-order valence-corrected chi connectivity index (χ3v) is 5.39. The summed E-state index contributed by atoms with van der Waals surface area (Å²) in [7, 11) is 0. The lowest BCUT2D eigenvalue weighted by Gasteiger charge is -2.33. The monoisotopic (exact) mass is 382 g/mol. The van der Waals surface area contributed by atoms with Gasteiger partial charge in [-0.05, 0) is 29.7 Å². The Hall–Kier alpha value is -2.52. The van der Waals surface area contributed by atoms with Gasteiger partial charge in [-0.25, -0.2) is 9.97 Å². The zero-order valence-electron chi connectivity index (χ0n) is 15.7. The minimum atomic E-state index is -0.950. The number of aliphatic carboxylic acids is 1. The molecule has 0 atom stereocenters. The molecule has 0 radical (unpaired) electrons. The molecule has 5 nitrogen and oxygen atoms in total. The Morgan fingerprint density at radius 1 is 1.30 bits per heavy atom. The number of hydrogen-bond donors (Lipinski definition) is 1. The molecule has 0 saturated heterocycles. The first-order chi connectivity index (χ1) is 12.9. The van der Waals surface area contributed by atoms with Gasteiger partial charge < -0.3 is 9.84 Å². The van der Waals surface area contributed by atoms with Crippen LogP contribution in [0, 0.1) is 11.8 Å². The maximum atomic E-state index is 10.7. The molecular formula is C21H22N2O3S. The highest BCUT2D eigenvalue weighted by molar-refractivity contribution is 7.99. The lowest BCUT2D eigenvalue weighted by atomic mass is 9.79. The van der Waals surface area contributed by atoms with Crippen molar-refractivity contribution in [3.8, 4) is 17.6 Å². The summed E-state index contributed by atoms with van der Waals surface area (Å²) in [5.74, 6) is 7.57. The van der Waals surface area contributed by atoms with Crippen molar-refractivity contribution in [1.29, 1.82) is 0 Å². The lowest BCUT2D eigenvalue weighted by Crippen LogP contribution is -2.26. The Morgan fingerprint density at radius 2 is 2.04 bits per heavy atom. The molecule has 0 spiro atoms. The number of ether oxygens (including phenoxy) is 1. The number of carbonyl (C=O) groups is 1. The molecule has 0 fully saturated rings. The molecule has 140 valence electrons. The summed E-state index contributed by atoms with van der Waals surface area (Å²) in [5, 5.41) is 8.79. The van der Waals surface area contributed by atoms with Crippen LogP contribution in [0.3, 0.4) is 0 Å². The molecule has 0 bridgehead atoms. The van der Waals surface area contributed by atoms with Crippen LogP contribution in [0.1, 0.15) is 49.7 Å². The van der Waals surface area contributed by atoms with E-state index in [9.17, 15) is 4.79 Å².